The number of hydrogen-bond donors (Lipinski definition) is 8. The zero-order valence-corrected chi connectivity index (χ0v) is 18.4. The van der Waals surface area contributed by atoms with Crippen molar-refractivity contribution in [2.45, 2.75) is 63.2 Å². The fraction of sp³-hybridized carbons (Fsp3) is 0.526. The monoisotopic (exact) mass is 483 g/mol. The number of aromatic amines is 1. The van der Waals surface area contributed by atoms with Crippen LogP contribution in [-0.4, -0.2) is 79.9 Å². The zero-order valence-electron chi connectivity index (χ0n) is 18.4. The lowest BCUT2D eigenvalue weighted by molar-refractivity contribution is -0.142. The van der Waals surface area contributed by atoms with Gasteiger partial charge in [-0.15, -0.1) is 0 Å². The van der Waals surface area contributed by atoms with Crippen molar-refractivity contribution in [3.8, 4) is 0 Å². The van der Waals surface area contributed by atoms with E-state index in [0.717, 1.165) is 0 Å². The molecule has 0 bridgehead atoms. The molecule has 34 heavy (non-hydrogen) atoms. The van der Waals surface area contributed by atoms with Gasteiger partial charge in [0.05, 0.1) is 12.4 Å². The van der Waals surface area contributed by atoms with Crippen molar-refractivity contribution in [2.75, 3.05) is 0 Å². The number of carbonyl (C=O) groups is 6. The lowest BCUT2D eigenvalue weighted by atomic mass is 10.1. The largest absolute Gasteiger partial charge is 0.481 e. The van der Waals surface area contributed by atoms with Gasteiger partial charge in [0.15, 0.2) is 0 Å². The first-order chi connectivity index (χ1) is 15.9. The van der Waals surface area contributed by atoms with Crippen LogP contribution >= 0.6 is 0 Å². The van der Waals surface area contributed by atoms with Gasteiger partial charge in [-0.3, -0.25) is 24.0 Å². The number of aromatic nitrogens is 2. The van der Waals surface area contributed by atoms with E-state index in [2.05, 4.69) is 25.9 Å². The Morgan fingerprint density at radius 3 is 2.12 bits per heavy atom. The molecule has 0 aliphatic carbocycles. The highest BCUT2D eigenvalue weighted by molar-refractivity contribution is 5.94. The van der Waals surface area contributed by atoms with Crippen LogP contribution in [0.1, 0.15) is 38.3 Å². The molecule has 0 saturated carbocycles. The Labute approximate surface area is 194 Å². The van der Waals surface area contributed by atoms with Gasteiger partial charge in [-0.25, -0.2) is 9.78 Å². The van der Waals surface area contributed by atoms with Gasteiger partial charge < -0.3 is 42.6 Å². The molecule has 188 valence electrons. The number of carboxylic acids is 2. The van der Waals surface area contributed by atoms with Crippen LogP contribution in [-0.2, 0) is 35.2 Å². The minimum Gasteiger partial charge on any atom is -0.481 e. The Bertz CT molecular complexity index is 889. The summed E-state index contributed by atoms with van der Waals surface area (Å²) in [6.45, 7) is 1.26. The highest BCUT2D eigenvalue weighted by Gasteiger charge is 2.29. The highest BCUT2D eigenvalue weighted by Crippen LogP contribution is 2.03. The van der Waals surface area contributed by atoms with Crippen LogP contribution < -0.4 is 27.4 Å². The Morgan fingerprint density at radius 1 is 0.971 bits per heavy atom. The van der Waals surface area contributed by atoms with Crippen LogP contribution in [0.25, 0.3) is 0 Å². The van der Waals surface area contributed by atoms with Crippen LogP contribution in [0.5, 0.6) is 0 Å². The molecule has 10 N–H and O–H groups in total. The van der Waals surface area contributed by atoms with E-state index >= 15 is 0 Å². The molecule has 15 nitrogen and oxygen atoms in total. The number of rotatable bonds is 15. The number of amides is 4. The summed E-state index contributed by atoms with van der Waals surface area (Å²) in [5.41, 5.74) is 11.4. The maximum Gasteiger partial charge on any atom is 0.326 e. The third-order valence-electron chi connectivity index (χ3n) is 4.66. The molecule has 4 amide bonds. The average Bonchev–Trinajstić information content (AvgIpc) is 3.25. The lowest BCUT2D eigenvalue weighted by Crippen LogP contribution is -2.56. The molecule has 4 atom stereocenters. The second-order valence-electron chi connectivity index (χ2n) is 7.52. The van der Waals surface area contributed by atoms with E-state index in [1.165, 1.54) is 19.4 Å². The Hall–Kier alpha value is -4.01. The maximum absolute atomic E-state index is 12.6. The predicted molar refractivity (Wildman–Crippen MR) is 115 cm³/mol. The first-order valence-electron chi connectivity index (χ1n) is 10.3. The topological polar surface area (TPSA) is 260 Å². The molecule has 0 saturated heterocycles. The minimum absolute atomic E-state index is 0.0831. The number of carbonyl (C=O) groups excluding carboxylic acids is 4. The molecule has 4 unspecified atom stereocenters. The number of primary amides is 1. The Morgan fingerprint density at radius 2 is 1.59 bits per heavy atom. The number of carboxylic acid groups (broad SMARTS) is 2. The number of H-pyrrole nitrogens is 1. The van der Waals surface area contributed by atoms with E-state index in [0.29, 0.717) is 5.69 Å². The van der Waals surface area contributed by atoms with Gasteiger partial charge in [-0.2, -0.15) is 0 Å². The fourth-order valence-electron chi connectivity index (χ4n) is 2.76. The van der Waals surface area contributed by atoms with Crippen molar-refractivity contribution in [2.24, 2.45) is 11.5 Å². The average molecular weight is 483 g/mol. The maximum atomic E-state index is 12.6. The molecule has 0 aliphatic heterocycles. The fourth-order valence-corrected chi connectivity index (χ4v) is 2.76. The number of nitrogens with zero attached hydrogens (tertiary/aromatic N) is 1. The summed E-state index contributed by atoms with van der Waals surface area (Å²) >= 11 is 0. The van der Waals surface area contributed by atoms with Crippen molar-refractivity contribution < 1.29 is 39.0 Å². The van der Waals surface area contributed by atoms with Gasteiger partial charge in [0.2, 0.25) is 23.6 Å². The summed E-state index contributed by atoms with van der Waals surface area (Å²) < 4.78 is 0. The molecule has 1 aromatic rings. The Kier molecular flexibility index (Phi) is 11.1. The first-order valence-corrected chi connectivity index (χ1v) is 10.3. The third-order valence-corrected chi connectivity index (χ3v) is 4.66. The molecule has 1 aromatic heterocycles. The quantitative estimate of drug-likeness (QED) is 0.125. The second kappa shape index (κ2) is 13.5. The van der Waals surface area contributed by atoms with E-state index in [4.69, 9.17) is 16.6 Å². The van der Waals surface area contributed by atoms with Gasteiger partial charge in [0.1, 0.15) is 18.1 Å². The first kappa shape index (κ1) is 28.0. The lowest BCUT2D eigenvalue weighted by Gasteiger charge is -2.23. The molecular weight excluding hydrogens is 454 g/mol. The number of imidazole rings is 1. The molecule has 15 heteroatoms. The van der Waals surface area contributed by atoms with Crippen LogP contribution in [0.3, 0.4) is 0 Å². The summed E-state index contributed by atoms with van der Waals surface area (Å²) in [5, 5.41) is 25.0. The summed E-state index contributed by atoms with van der Waals surface area (Å²) in [4.78, 5) is 77.1. The van der Waals surface area contributed by atoms with Crippen molar-refractivity contribution in [3.63, 3.8) is 0 Å². The SMILES string of the molecule is CC(NC(=O)C(CCC(=O)O)NC(=O)C(N)Cc1cnc[nH]1)C(=O)NC(CCC(N)=O)C(=O)O. The molecule has 0 aromatic carbocycles. The van der Waals surface area contributed by atoms with E-state index < -0.39 is 66.2 Å². The van der Waals surface area contributed by atoms with E-state index in [1.807, 2.05) is 0 Å². The second-order valence-corrected chi connectivity index (χ2v) is 7.52. The number of aliphatic carboxylic acids is 2. The van der Waals surface area contributed by atoms with E-state index in [9.17, 15) is 33.9 Å². The summed E-state index contributed by atoms with van der Waals surface area (Å²) in [6.07, 6.45) is 1.69. The van der Waals surface area contributed by atoms with Gasteiger partial charge in [-0.1, -0.05) is 0 Å². The van der Waals surface area contributed by atoms with E-state index in [1.54, 1.807) is 0 Å². The zero-order chi connectivity index (χ0) is 25.8. The minimum atomic E-state index is -1.41. The standard InChI is InChI=1S/C19H29N7O8/c1-9(16(30)26-13(19(33)34)2-4-14(21)27)24-18(32)12(3-5-15(28)29)25-17(31)11(20)6-10-7-22-8-23-10/h7-9,11-13H,2-6,20H2,1H3,(H2,21,27)(H,22,23)(H,24,32)(H,25,31)(H,26,30)(H,28,29)(H,33,34). The number of nitrogens with one attached hydrogen (secondary N) is 4. The predicted octanol–water partition coefficient (Wildman–Crippen LogP) is -3.03. The van der Waals surface area contributed by atoms with Gasteiger partial charge in [-0.05, 0) is 19.8 Å². The van der Waals surface area contributed by atoms with Crippen molar-refractivity contribution >= 4 is 35.6 Å². The number of nitrogens with two attached hydrogens (primary N) is 2. The molecule has 1 rings (SSSR count). The molecule has 0 spiro atoms. The smallest absolute Gasteiger partial charge is 0.326 e. The number of hydrogen-bond acceptors (Lipinski definition) is 8. The molecule has 0 radical (unpaired) electrons. The van der Waals surface area contributed by atoms with Gasteiger partial charge in [0.25, 0.3) is 0 Å². The highest BCUT2D eigenvalue weighted by atomic mass is 16.4. The van der Waals surface area contributed by atoms with Crippen LogP contribution in [0, 0.1) is 0 Å². The molecular formula is C19H29N7O8. The summed E-state index contributed by atoms with van der Waals surface area (Å²) in [7, 11) is 0. The molecule has 0 fully saturated rings. The van der Waals surface area contributed by atoms with Gasteiger partial charge in [0, 0.05) is 31.2 Å². The van der Waals surface area contributed by atoms with E-state index in [-0.39, 0.29) is 25.7 Å². The van der Waals surface area contributed by atoms with Gasteiger partial charge >= 0.3 is 11.9 Å². The third kappa shape index (κ3) is 10.1. The van der Waals surface area contributed by atoms with Crippen LogP contribution in [0.2, 0.25) is 0 Å². The van der Waals surface area contributed by atoms with Crippen molar-refractivity contribution in [1.29, 1.82) is 0 Å². The van der Waals surface area contributed by atoms with Crippen molar-refractivity contribution in [3.05, 3.63) is 18.2 Å². The van der Waals surface area contributed by atoms with Crippen LogP contribution in [0.4, 0.5) is 0 Å². The molecule has 1 heterocycles. The summed E-state index contributed by atoms with van der Waals surface area (Å²) in [6, 6.07) is -5.05. The normalized spacial score (nSPS) is 14.2. The molecule has 0 aliphatic rings. The van der Waals surface area contributed by atoms with Crippen LogP contribution in [0.15, 0.2) is 12.5 Å². The Balaban J connectivity index is 2.77. The van der Waals surface area contributed by atoms with Crippen molar-refractivity contribution in [1.82, 2.24) is 25.9 Å². The summed E-state index contributed by atoms with van der Waals surface area (Å²) in [5.74, 6) is -5.82.